The Hall–Kier alpha value is -1.55. The molecule has 1 amide bonds. The maximum absolute atomic E-state index is 11.8. The summed E-state index contributed by atoms with van der Waals surface area (Å²) >= 11 is 0. The summed E-state index contributed by atoms with van der Waals surface area (Å²) in [5.41, 5.74) is 0.0543. The van der Waals surface area contributed by atoms with E-state index < -0.39 is 0 Å². The zero-order valence-electron chi connectivity index (χ0n) is 10.5. The normalized spacial score (nSPS) is 11.2. The molecule has 0 heterocycles. The molecule has 0 saturated carbocycles. The van der Waals surface area contributed by atoms with E-state index in [-0.39, 0.29) is 17.3 Å². The molecule has 0 fully saturated rings. The number of hydrogen-bond acceptors (Lipinski definition) is 3. The van der Waals surface area contributed by atoms with E-state index in [0.29, 0.717) is 18.7 Å². The van der Waals surface area contributed by atoms with E-state index in [0.717, 1.165) is 0 Å². The summed E-state index contributed by atoms with van der Waals surface area (Å²) in [6.07, 6.45) is 0. The lowest BCUT2D eigenvalue weighted by molar-refractivity contribution is -0.00815. The van der Waals surface area contributed by atoms with Crippen LogP contribution in [0.25, 0.3) is 0 Å². The van der Waals surface area contributed by atoms with Gasteiger partial charge in [-0.25, -0.2) is 0 Å². The van der Waals surface area contributed by atoms with Gasteiger partial charge in [-0.3, -0.25) is 4.79 Å². The van der Waals surface area contributed by atoms with E-state index in [9.17, 15) is 9.90 Å². The largest absolute Gasteiger partial charge is 0.508 e. The molecule has 0 atom stereocenters. The number of ether oxygens (including phenoxy) is 1. The highest BCUT2D eigenvalue weighted by atomic mass is 16.5. The minimum absolute atomic E-state index is 0.0849. The Morgan fingerprint density at radius 2 is 2.18 bits per heavy atom. The SMILES string of the molecule is CCOC(C)(C)CNC(=O)c1cccc(O)c1. The molecule has 1 aromatic carbocycles. The van der Waals surface area contributed by atoms with Crippen LogP contribution in [-0.4, -0.2) is 29.8 Å². The summed E-state index contributed by atoms with van der Waals surface area (Å²) in [7, 11) is 0. The third-order valence-corrected chi connectivity index (χ3v) is 2.32. The molecule has 2 N–H and O–H groups in total. The molecule has 94 valence electrons. The van der Waals surface area contributed by atoms with Crippen LogP contribution < -0.4 is 5.32 Å². The van der Waals surface area contributed by atoms with E-state index in [4.69, 9.17) is 4.74 Å². The minimum atomic E-state index is -0.388. The van der Waals surface area contributed by atoms with Crippen LogP contribution in [0.15, 0.2) is 24.3 Å². The molecule has 0 radical (unpaired) electrons. The molecular formula is C13H19NO3. The van der Waals surface area contributed by atoms with Crippen molar-refractivity contribution in [3.8, 4) is 5.75 Å². The van der Waals surface area contributed by atoms with E-state index >= 15 is 0 Å². The molecule has 0 unspecified atom stereocenters. The van der Waals surface area contributed by atoms with Crippen molar-refractivity contribution < 1.29 is 14.6 Å². The van der Waals surface area contributed by atoms with Gasteiger partial charge < -0.3 is 15.2 Å². The Balaban J connectivity index is 2.56. The number of carbonyl (C=O) groups is 1. The van der Waals surface area contributed by atoms with Crippen molar-refractivity contribution in [2.24, 2.45) is 0 Å². The number of aromatic hydroxyl groups is 1. The van der Waals surface area contributed by atoms with Gasteiger partial charge >= 0.3 is 0 Å². The van der Waals surface area contributed by atoms with Gasteiger partial charge in [-0.1, -0.05) is 6.07 Å². The zero-order chi connectivity index (χ0) is 12.9. The van der Waals surface area contributed by atoms with Crippen LogP contribution >= 0.6 is 0 Å². The maximum Gasteiger partial charge on any atom is 0.251 e. The molecule has 0 aliphatic rings. The molecule has 0 saturated heterocycles. The lowest BCUT2D eigenvalue weighted by atomic mass is 10.1. The molecule has 4 heteroatoms. The fraction of sp³-hybridized carbons (Fsp3) is 0.462. The molecule has 1 rings (SSSR count). The Bertz CT molecular complexity index is 388. The van der Waals surface area contributed by atoms with Crippen LogP contribution in [0.4, 0.5) is 0 Å². The van der Waals surface area contributed by atoms with Gasteiger partial charge in [0, 0.05) is 18.7 Å². The molecule has 4 nitrogen and oxygen atoms in total. The van der Waals surface area contributed by atoms with Crippen LogP contribution in [0.5, 0.6) is 5.75 Å². The van der Waals surface area contributed by atoms with Crippen LogP contribution in [0, 0.1) is 0 Å². The van der Waals surface area contributed by atoms with Gasteiger partial charge in [0.15, 0.2) is 0 Å². The first-order valence-electron chi connectivity index (χ1n) is 5.66. The van der Waals surface area contributed by atoms with Gasteiger partial charge in [-0.15, -0.1) is 0 Å². The zero-order valence-corrected chi connectivity index (χ0v) is 10.5. The first-order chi connectivity index (χ1) is 7.94. The fourth-order valence-corrected chi connectivity index (χ4v) is 1.48. The number of carbonyl (C=O) groups excluding carboxylic acids is 1. The smallest absolute Gasteiger partial charge is 0.251 e. The molecule has 0 spiro atoms. The van der Waals surface area contributed by atoms with Crippen LogP contribution in [0.1, 0.15) is 31.1 Å². The summed E-state index contributed by atoms with van der Waals surface area (Å²) in [5.74, 6) is -0.129. The second-order valence-corrected chi connectivity index (χ2v) is 4.43. The number of nitrogens with one attached hydrogen (secondary N) is 1. The molecule has 0 aliphatic heterocycles. The molecule has 17 heavy (non-hydrogen) atoms. The molecule has 1 aromatic rings. The van der Waals surface area contributed by atoms with E-state index in [1.54, 1.807) is 12.1 Å². The molecular weight excluding hydrogens is 218 g/mol. The van der Waals surface area contributed by atoms with E-state index in [1.807, 2.05) is 20.8 Å². The monoisotopic (exact) mass is 237 g/mol. The molecule has 0 aromatic heterocycles. The summed E-state index contributed by atoms with van der Waals surface area (Å²) < 4.78 is 5.48. The predicted molar refractivity (Wildman–Crippen MR) is 66.1 cm³/mol. The van der Waals surface area contributed by atoms with Gasteiger partial charge in [-0.05, 0) is 39.0 Å². The van der Waals surface area contributed by atoms with E-state index in [1.165, 1.54) is 12.1 Å². The summed E-state index contributed by atoms with van der Waals surface area (Å²) in [4.78, 5) is 11.8. The van der Waals surface area contributed by atoms with Crippen molar-refractivity contribution in [2.75, 3.05) is 13.2 Å². The van der Waals surface area contributed by atoms with Crippen molar-refractivity contribution in [3.05, 3.63) is 29.8 Å². The van der Waals surface area contributed by atoms with Gasteiger partial charge in [0.05, 0.1) is 5.60 Å². The lowest BCUT2D eigenvalue weighted by Gasteiger charge is -2.24. The third-order valence-electron chi connectivity index (χ3n) is 2.32. The Labute approximate surface area is 102 Å². The van der Waals surface area contributed by atoms with Crippen molar-refractivity contribution in [1.29, 1.82) is 0 Å². The summed E-state index contributed by atoms with van der Waals surface area (Å²) in [5, 5.41) is 12.0. The number of rotatable bonds is 5. The average Bonchev–Trinajstić information content (AvgIpc) is 2.26. The number of phenolic OH excluding ortho intramolecular Hbond substituents is 1. The summed E-state index contributed by atoms with van der Waals surface area (Å²) in [6.45, 7) is 6.78. The highest BCUT2D eigenvalue weighted by Gasteiger charge is 2.18. The highest BCUT2D eigenvalue weighted by Crippen LogP contribution is 2.11. The van der Waals surface area contributed by atoms with Crippen molar-refractivity contribution in [1.82, 2.24) is 5.32 Å². The van der Waals surface area contributed by atoms with Crippen LogP contribution in [0.2, 0.25) is 0 Å². The standard InChI is InChI=1S/C13H19NO3/c1-4-17-13(2,3)9-14-12(16)10-6-5-7-11(15)8-10/h5-8,15H,4,9H2,1-3H3,(H,14,16). The van der Waals surface area contributed by atoms with Crippen molar-refractivity contribution in [2.45, 2.75) is 26.4 Å². The predicted octanol–water partition coefficient (Wildman–Crippen LogP) is 1.94. The second kappa shape index (κ2) is 5.68. The van der Waals surface area contributed by atoms with Crippen LogP contribution in [0.3, 0.4) is 0 Å². The quantitative estimate of drug-likeness (QED) is 0.822. The first kappa shape index (κ1) is 13.5. The summed E-state index contributed by atoms with van der Waals surface area (Å²) in [6, 6.07) is 6.25. The van der Waals surface area contributed by atoms with Gasteiger partial charge in [0.1, 0.15) is 5.75 Å². The average molecular weight is 237 g/mol. The minimum Gasteiger partial charge on any atom is -0.508 e. The Morgan fingerprint density at radius 1 is 1.47 bits per heavy atom. The van der Waals surface area contributed by atoms with Crippen molar-refractivity contribution in [3.63, 3.8) is 0 Å². The molecule has 0 aliphatic carbocycles. The second-order valence-electron chi connectivity index (χ2n) is 4.43. The number of benzene rings is 1. The number of hydrogen-bond donors (Lipinski definition) is 2. The Morgan fingerprint density at radius 3 is 2.76 bits per heavy atom. The van der Waals surface area contributed by atoms with Crippen LogP contribution in [-0.2, 0) is 4.74 Å². The number of phenols is 1. The first-order valence-corrected chi connectivity index (χ1v) is 5.66. The van der Waals surface area contributed by atoms with Gasteiger partial charge in [0.25, 0.3) is 5.91 Å². The third kappa shape index (κ3) is 4.44. The van der Waals surface area contributed by atoms with E-state index in [2.05, 4.69) is 5.32 Å². The topological polar surface area (TPSA) is 58.6 Å². The molecule has 0 bridgehead atoms. The lowest BCUT2D eigenvalue weighted by Crippen LogP contribution is -2.40. The fourth-order valence-electron chi connectivity index (χ4n) is 1.48. The number of amides is 1. The maximum atomic E-state index is 11.8. The highest BCUT2D eigenvalue weighted by molar-refractivity contribution is 5.94. The Kier molecular flexibility index (Phi) is 4.52. The van der Waals surface area contributed by atoms with Gasteiger partial charge in [-0.2, -0.15) is 0 Å². The van der Waals surface area contributed by atoms with Crippen molar-refractivity contribution >= 4 is 5.91 Å². The van der Waals surface area contributed by atoms with Gasteiger partial charge in [0.2, 0.25) is 0 Å².